The highest BCUT2D eigenvalue weighted by atomic mass is 19.1. The molecule has 1 aromatic heterocycles. The molecule has 222 valence electrons. The van der Waals surface area contributed by atoms with Crippen molar-refractivity contribution in [3.8, 4) is 0 Å². The molecular weight excluding hydrogens is 507 g/mol. The van der Waals surface area contributed by atoms with Gasteiger partial charge in [-0.25, -0.2) is 14.2 Å². The Labute approximate surface area is 239 Å². The van der Waals surface area contributed by atoms with Crippen molar-refractivity contribution in [3.05, 3.63) is 57.1 Å². The molecule has 1 aliphatic rings. The average Bonchev–Trinajstić information content (AvgIpc) is 2.88. The van der Waals surface area contributed by atoms with Crippen LogP contribution in [0.1, 0.15) is 103 Å². The van der Waals surface area contributed by atoms with Crippen molar-refractivity contribution in [2.75, 3.05) is 6.61 Å². The van der Waals surface area contributed by atoms with Gasteiger partial charge in [0.05, 0.1) is 11.2 Å². The highest BCUT2D eigenvalue weighted by Gasteiger charge is 2.24. The number of halogens is 1. The van der Waals surface area contributed by atoms with Gasteiger partial charge in [0.15, 0.2) is 5.78 Å². The third kappa shape index (κ3) is 9.26. The normalized spacial score (nSPS) is 14.0. The number of hydrogen-bond donors (Lipinski definition) is 2. The third-order valence-corrected chi connectivity index (χ3v) is 6.97. The van der Waals surface area contributed by atoms with Crippen LogP contribution >= 0.6 is 0 Å². The number of allylic oxidation sites excluding steroid dienone is 3. The second kappa shape index (κ2) is 16.3. The van der Waals surface area contributed by atoms with Crippen LogP contribution in [0.25, 0.3) is 16.5 Å². The molecule has 0 spiro atoms. The van der Waals surface area contributed by atoms with Crippen molar-refractivity contribution >= 4 is 28.4 Å². The molecule has 0 bridgehead atoms. The van der Waals surface area contributed by atoms with Gasteiger partial charge in [0.1, 0.15) is 12.4 Å². The van der Waals surface area contributed by atoms with E-state index in [0.717, 1.165) is 54.3 Å². The molecule has 3 rings (SSSR count). The maximum absolute atomic E-state index is 14.7. The molecule has 1 heterocycles. The van der Waals surface area contributed by atoms with Gasteiger partial charge in [-0.1, -0.05) is 54.0 Å². The number of aromatic nitrogens is 1. The zero-order chi connectivity index (χ0) is 30.7. The Bertz CT molecular complexity index is 1260. The van der Waals surface area contributed by atoms with Crippen molar-refractivity contribution in [3.63, 3.8) is 0 Å². The number of ether oxygens (including phenoxy) is 1. The monoisotopic (exact) mass is 556 g/mol. The summed E-state index contributed by atoms with van der Waals surface area (Å²) in [5, 5.41) is 9.95. The Morgan fingerprint density at radius 1 is 1.15 bits per heavy atom. The summed E-state index contributed by atoms with van der Waals surface area (Å²) in [5.41, 5.74) is 12.6. The number of nitrogens with two attached hydrogens (primary N) is 1. The fraction of sp³-hybridized carbons (Fsp3) is 0.545. The van der Waals surface area contributed by atoms with E-state index >= 15 is 0 Å². The Balaban J connectivity index is 0.00000122. The number of carbonyl (C=O) groups excluding carboxylic acids is 1. The molecule has 0 saturated heterocycles. The van der Waals surface area contributed by atoms with Gasteiger partial charge in [0, 0.05) is 17.0 Å². The van der Waals surface area contributed by atoms with E-state index in [4.69, 9.17) is 15.8 Å². The van der Waals surface area contributed by atoms with E-state index in [1.165, 1.54) is 24.1 Å². The lowest BCUT2D eigenvalue weighted by Crippen LogP contribution is -2.14. The van der Waals surface area contributed by atoms with Crippen molar-refractivity contribution < 1.29 is 23.8 Å². The average molecular weight is 557 g/mol. The number of benzene rings is 1. The first-order valence-corrected chi connectivity index (χ1v) is 14.4. The Morgan fingerprint density at radius 2 is 1.73 bits per heavy atom. The molecule has 40 heavy (non-hydrogen) atoms. The van der Waals surface area contributed by atoms with Gasteiger partial charge < -0.3 is 15.6 Å². The Hall–Kier alpha value is -3.06. The van der Waals surface area contributed by atoms with Gasteiger partial charge in [-0.15, -0.1) is 0 Å². The smallest absolute Gasteiger partial charge is 0.450 e. The van der Waals surface area contributed by atoms with E-state index in [0.29, 0.717) is 34.2 Å². The molecule has 1 atom stereocenters. The number of rotatable bonds is 8. The van der Waals surface area contributed by atoms with Crippen molar-refractivity contribution in [2.24, 2.45) is 11.7 Å². The molecule has 7 heteroatoms. The van der Waals surface area contributed by atoms with Gasteiger partial charge in [-0.2, -0.15) is 0 Å². The highest BCUT2D eigenvalue weighted by molar-refractivity contribution is 5.95. The molecule has 0 amide bonds. The fourth-order valence-corrected chi connectivity index (χ4v) is 4.87. The quantitative estimate of drug-likeness (QED) is 0.193. The van der Waals surface area contributed by atoms with Crippen LogP contribution in [0.3, 0.4) is 0 Å². The largest absolute Gasteiger partial charge is 0.506 e. The molecule has 0 aliphatic heterocycles. The second-order valence-electron chi connectivity index (χ2n) is 10.7. The van der Waals surface area contributed by atoms with Crippen LogP contribution < -0.4 is 5.73 Å². The summed E-state index contributed by atoms with van der Waals surface area (Å²) in [6.45, 7) is 18.9. The van der Waals surface area contributed by atoms with Crippen LogP contribution in [0.4, 0.5) is 9.18 Å². The molecule has 1 aromatic carbocycles. The van der Waals surface area contributed by atoms with E-state index < -0.39 is 6.16 Å². The van der Waals surface area contributed by atoms with Gasteiger partial charge in [0.2, 0.25) is 0 Å². The number of nitrogens with zero attached hydrogens (tertiary/aromatic N) is 1. The molecule has 0 fully saturated rings. The van der Waals surface area contributed by atoms with E-state index in [2.05, 4.69) is 18.6 Å². The van der Waals surface area contributed by atoms with Gasteiger partial charge in [-0.3, -0.25) is 4.79 Å². The van der Waals surface area contributed by atoms with Gasteiger partial charge >= 0.3 is 6.16 Å². The van der Waals surface area contributed by atoms with Crippen LogP contribution in [-0.4, -0.2) is 34.7 Å². The summed E-state index contributed by atoms with van der Waals surface area (Å²) in [4.78, 5) is 27.9. The number of Topliss-reactive ketones (excluding diaryl/α,β-unsaturated/α-hetero) is 1. The molecule has 0 radical (unpaired) electrons. The number of pyridine rings is 1. The molecule has 0 saturated carbocycles. The summed E-state index contributed by atoms with van der Waals surface area (Å²) in [5.74, 6) is -0.0143. The molecule has 2 aromatic rings. The Morgan fingerprint density at radius 3 is 2.25 bits per heavy atom. The third-order valence-electron chi connectivity index (χ3n) is 6.97. The molecular formula is C33H49FN2O4. The zero-order valence-corrected chi connectivity index (χ0v) is 26.1. The minimum atomic E-state index is -1.42. The van der Waals surface area contributed by atoms with Crippen LogP contribution in [0.5, 0.6) is 0 Å². The van der Waals surface area contributed by atoms with Crippen molar-refractivity contribution in [1.82, 2.24) is 4.98 Å². The van der Waals surface area contributed by atoms with Gasteiger partial charge in [-0.05, 0) is 98.7 Å². The predicted molar refractivity (Wildman–Crippen MR) is 163 cm³/mol. The van der Waals surface area contributed by atoms with Crippen molar-refractivity contribution in [1.29, 1.82) is 0 Å². The van der Waals surface area contributed by atoms with Crippen LogP contribution in [-0.2, 0) is 28.8 Å². The SMILES string of the molecule is CC.CC(C)N.CCC(C)Cc1c(/C(C)=C/C(C)=C(/COC(=O)O)C(C)=O)nc2cc(F)c(C)c3c2c1CCC3. The number of hydrogen-bond acceptors (Lipinski definition) is 5. The summed E-state index contributed by atoms with van der Waals surface area (Å²) in [7, 11) is 0. The highest BCUT2D eigenvalue weighted by Crippen LogP contribution is 2.38. The lowest BCUT2D eigenvalue weighted by molar-refractivity contribution is -0.114. The lowest BCUT2D eigenvalue weighted by Gasteiger charge is -2.26. The van der Waals surface area contributed by atoms with Crippen molar-refractivity contribution in [2.45, 2.75) is 107 Å². The number of carbonyl (C=O) groups is 2. The van der Waals surface area contributed by atoms with E-state index in [9.17, 15) is 14.0 Å². The molecule has 1 aliphatic carbocycles. The van der Waals surface area contributed by atoms with Crippen LogP contribution in [0.2, 0.25) is 0 Å². The minimum Gasteiger partial charge on any atom is -0.450 e. The maximum Gasteiger partial charge on any atom is 0.506 e. The zero-order valence-electron chi connectivity index (χ0n) is 26.1. The first kappa shape index (κ1) is 35.0. The van der Waals surface area contributed by atoms with E-state index in [1.807, 2.05) is 47.6 Å². The summed E-state index contributed by atoms with van der Waals surface area (Å²) in [6, 6.07) is 1.87. The summed E-state index contributed by atoms with van der Waals surface area (Å²) in [6.07, 6.45) is 5.11. The summed E-state index contributed by atoms with van der Waals surface area (Å²) >= 11 is 0. The number of aryl methyl sites for hydroxylation is 2. The van der Waals surface area contributed by atoms with E-state index in [1.54, 1.807) is 6.92 Å². The Kier molecular flexibility index (Phi) is 14.2. The van der Waals surface area contributed by atoms with Crippen LogP contribution in [0, 0.1) is 18.7 Å². The predicted octanol–water partition coefficient (Wildman–Crippen LogP) is 8.14. The first-order chi connectivity index (χ1) is 18.8. The summed E-state index contributed by atoms with van der Waals surface area (Å²) < 4.78 is 19.4. The lowest BCUT2D eigenvalue weighted by atomic mass is 9.81. The number of ketones is 1. The first-order valence-electron chi connectivity index (χ1n) is 14.4. The molecule has 6 nitrogen and oxygen atoms in total. The minimum absolute atomic E-state index is 0.231. The fourth-order valence-electron chi connectivity index (χ4n) is 4.87. The molecule has 3 N–H and O–H groups in total. The van der Waals surface area contributed by atoms with Crippen LogP contribution in [0.15, 0.2) is 23.3 Å². The number of carboxylic acid groups (broad SMARTS) is 1. The van der Waals surface area contributed by atoms with Gasteiger partial charge in [0.25, 0.3) is 0 Å². The van der Waals surface area contributed by atoms with E-state index in [-0.39, 0.29) is 18.2 Å². The standard InChI is InChI=1S/C28H34FNO4.C3H9N.C2H6/c1-7-15(2)11-22-21-10-8-9-20-18(5)24(29)13-25(26(20)21)30-27(22)17(4)12-16(3)23(19(6)31)14-34-28(32)33;1-3(2)4;1-2/h12-13,15H,7-11,14H2,1-6H3,(H,32,33);3H,4H2,1-2H3;1-2H3/b17-12+,23-16-;;. The maximum atomic E-state index is 14.7. The topological polar surface area (TPSA) is 103 Å². The second-order valence-corrected chi connectivity index (χ2v) is 10.7. The molecule has 1 unspecified atom stereocenters.